The molecule has 1 aliphatic rings. The van der Waals surface area contributed by atoms with Gasteiger partial charge in [0, 0.05) is 31.4 Å². The summed E-state index contributed by atoms with van der Waals surface area (Å²) in [5, 5.41) is 13.2. The summed E-state index contributed by atoms with van der Waals surface area (Å²) in [7, 11) is 0. The Morgan fingerprint density at radius 2 is 1.90 bits per heavy atom. The number of piperidine rings is 1. The van der Waals surface area contributed by atoms with Crippen molar-refractivity contribution in [2.24, 2.45) is 5.92 Å². The second kappa shape index (κ2) is 8.57. The minimum Gasteiger partial charge on any atom is -0.481 e. The van der Waals surface area contributed by atoms with Crippen molar-refractivity contribution < 1.29 is 9.90 Å². The molecule has 4 heterocycles. The number of aliphatic carboxylic acids is 1. The van der Waals surface area contributed by atoms with Gasteiger partial charge in [-0.15, -0.1) is 0 Å². The summed E-state index contributed by atoms with van der Waals surface area (Å²) in [6.45, 7) is 3.65. The fraction of sp³-hybridized carbons (Fsp3) is 0.333. The largest absolute Gasteiger partial charge is 0.481 e. The molecule has 3 aromatic rings. The number of hydrogen-bond donors (Lipinski definition) is 2. The molecule has 0 aromatic carbocycles. The Labute approximate surface area is 173 Å². The third kappa shape index (κ3) is 4.89. The number of carbonyl (C=O) groups is 1. The highest BCUT2D eigenvalue weighted by Gasteiger charge is 2.23. The van der Waals surface area contributed by atoms with Crippen LogP contribution in [-0.2, 0) is 4.79 Å². The van der Waals surface area contributed by atoms with Crippen molar-refractivity contribution in [2.45, 2.75) is 26.2 Å². The minimum absolute atomic E-state index is 0.260. The van der Waals surface area contributed by atoms with Crippen LogP contribution in [0.4, 0.5) is 16.8 Å². The molecule has 8 heteroatoms. The molecule has 0 saturated carbocycles. The lowest BCUT2D eigenvalue weighted by Crippen LogP contribution is -2.34. The highest BCUT2D eigenvalue weighted by Crippen LogP contribution is 2.33. The smallest absolute Gasteiger partial charge is 0.303 e. The summed E-state index contributed by atoms with van der Waals surface area (Å²) in [6, 6.07) is 11.7. The first-order valence-electron chi connectivity index (χ1n) is 9.67. The van der Waals surface area contributed by atoms with Gasteiger partial charge in [0.25, 0.3) is 0 Å². The van der Waals surface area contributed by atoms with E-state index in [0.717, 1.165) is 59.0 Å². The molecule has 4 rings (SSSR count). The van der Waals surface area contributed by atoms with Crippen LogP contribution in [0.3, 0.4) is 0 Å². The molecule has 0 unspecified atom stereocenters. The van der Waals surface area contributed by atoms with Crippen LogP contribution in [0.1, 0.15) is 25.0 Å². The summed E-state index contributed by atoms with van der Waals surface area (Å²) < 4.78 is 0. The SMILES string of the molecule is Cc1cccc(Nc2cccc(-c3cnc(N4CCC(CC(=O)O)CC4)s3)n2)n1. The average Bonchev–Trinajstić information content (AvgIpc) is 3.19. The number of carboxylic acid groups (broad SMARTS) is 1. The zero-order chi connectivity index (χ0) is 20.2. The van der Waals surface area contributed by atoms with Crippen LogP contribution in [0.2, 0.25) is 0 Å². The van der Waals surface area contributed by atoms with Gasteiger partial charge in [0.15, 0.2) is 5.13 Å². The fourth-order valence-electron chi connectivity index (χ4n) is 3.49. The summed E-state index contributed by atoms with van der Waals surface area (Å²) in [6.07, 6.45) is 3.90. The Hall–Kier alpha value is -3.00. The van der Waals surface area contributed by atoms with E-state index >= 15 is 0 Å². The molecule has 1 fully saturated rings. The van der Waals surface area contributed by atoms with Gasteiger partial charge in [-0.25, -0.2) is 15.0 Å². The second-order valence-electron chi connectivity index (χ2n) is 7.23. The molecule has 0 radical (unpaired) electrons. The molecule has 0 atom stereocenters. The van der Waals surface area contributed by atoms with E-state index in [1.807, 2.05) is 49.5 Å². The lowest BCUT2D eigenvalue weighted by Gasteiger charge is -2.30. The lowest BCUT2D eigenvalue weighted by molar-refractivity contribution is -0.138. The molecule has 3 aromatic heterocycles. The summed E-state index contributed by atoms with van der Waals surface area (Å²) in [5.74, 6) is 1.07. The number of aryl methyl sites for hydroxylation is 1. The predicted octanol–water partition coefficient (Wildman–Crippen LogP) is 4.34. The summed E-state index contributed by atoms with van der Waals surface area (Å²) in [4.78, 5) is 27.9. The van der Waals surface area contributed by atoms with Crippen molar-refractivity contribution in [3.63, 3.8) is 0 Å². The Balaban J connectivity index is 1.44. The van der Waals surface area contributed by atoms with Gasteiger partial charge in [-0.05, 0) is 49.9 Å². The molecule has 0 bridgehead atoms. The Bertz CT molecular complexity index is 998. The van der Waals surface area contributed by atoms with E-state index in [4.69, 9.17) is 10.1 Å². The number of aromatic nitrogens is 3. The van der Waals surface area contributed by atoms with Crippen LogP contribution in [0.15, 0.2) is 42.6 Å². The van der Waals surface area contributed by atoms with Crippen molar-refractivity contribution in [3.05, 3.63) is 48.3 Å². The van der Waals surface area contributed by atoms with Crippen LogP contribution < -0.4 is 10.2 Å². The number of thiazole rings is 1. The third-order valence-corrected chi connectivity index (χ3v) is 6.07. The summed E-state index contributed by atoms with van der Waals surface area (Å²) >= 11 is 1.62. The van der Waals surface area contributed by atoms with Gasteiger partial charge in [-0.3, -0.25) is 4.79 Å². The van der Waals surface area contributed by atoms with E-state index < -0.39 is 5.97 Å². The average molecular weight is 410 g/mol. The highest BCUT2D eigenvalue weighted by molar-refractivity contribution is 7.18. The zero-order valence-electron chi connectivity index (χ0n) is 16.2. The van der Waals surface area contributed by atoms with E-state index in [0.29, 0.717) is 0 Å². The quantitative estimate of drug-likeness (QED) is 0.625. The fourth-order valence-corrected chi connectivity index (χ4v) is 4.43. The normalized spacial score (nSPS) is 14.7. The first-order chi connectivity index (χ1) is 14.1. The van der Waals surface area contributed by atoms with Gasteiger partial charge in [0.1, 0.15) is 11.6 Å². The van der Waals surface area contributed by atoms with Gasteiger partial charge >= 0.3 is 5.97 Å². The van der Waals surface area contributed by atoms with Crippen LogP contribution in [0, 0.1) is 12.8 Å². The third-order valence-electron chi connectivity index (χ3n) is 4.99. The maximum Gasteiger partial charge on any atom is 0.303 e. The summed E-state index contributed by atoms with van der Waals surface area (Å²) in [5.41, 5.74) is 1.82. The van der Waals surface area contributed by atoms with Gasteiger partial charge in [0.2, 0.25) is 0 Å². The van der Waals surface area contributed by atoms with Gasteiger partial charge < -0.3 is 15.3 Å². The topological polar surface area (TPSA) is 91.2 Å². The molecule has 7 nitrogen and oxygen atoms in total. The van der Waals surface area contributed by atoms with E-state index in [-0.39, 0.29) is 12.3 Å². The molecule has 150 valence electrons. The molecule has 1 aliphatic heterocycles. The number of hydrogen-bond acceptors (Lipinski definition) is 7. The predicted molar refractivity (Wildman–Crippen MR) is 115 cm³/mol. The van der Waals surface area contributed by atoms with E-state index in [1.165, 1.54) is 0 Å². The lowest BCUT2D eigenvalue weighted by atomic mass is 9.94. The van der Waals surface area contributed by atoms with Crippen molar-refractivity contribution in [1.29, 1.82) is 0 Å². The van der Waals surface area contributed by atoms with Crippen molar-refractivity contribution in [3.8, 4) is 10.6 Å². The number of pyridine rings is 2. The van der Waals surface area contributed by atoms with Crippen LogP contribution in [0.25, 0.3) is 10.6 Å². The van der Waals surface area contributed by atoms with Crippen LogP contribution in [0.5, 0.6) is 0 Å². The van der Waals surface area contributed by atoms with Crippen molar-refractivity contribution >= 4 is 34.1 Å². The molecule has 0 amide bonds. The maximum atomic E-state index is 10.9. The number of nitrogens with zero attached hydrogens (tertiary/aromatic N) is 4. The highest BCUT2D eigenvalue weighted by atomic mass is 32.1. The van der Waals surface area contributed by atoms with Gasteiger partial charge in [-0.1, -0.05) is 23.5 Å². The van der Waals surface area contributed by atoms with E-state index in [2.05, 4.69) is 20.2 Å². The zero-order valence-corrected chi connectivity index (χ0v) is 17.0. The number of carboxylic acids is 1. The first-order valence-corrected chi connectivity index (χ1v) is 10.5. The van der Waals surface area contributed by atoms with Gasteiger partial charge in [-0.2, -0.15) is 0 Å². The molecule has 0 spiro atoms. The second-order valence-corrected chi connectivity index (χ2v) is 8.24. The maximum absolute atomic E-state index is 10.9. The van der Waals surface area contributed by atoms with Crippen molar-refractivity contribution in [1.82, 2.24) is 15.0 Å². The van der Waals surface area contributed by atoms with Crippen LogP contribution >= 0.6 is 11.3 Å². The minimum atomic E-state index is -0.708. The standard InChI is InChI=1S/C21H23N5O2S/c1-14-4-2-6-18(23-14)25-19-7-3-5-16(24-19)17-13-22-21(29-17)26-10-8-15(9-11-26)12-20(27)28/h2-7,13,15H,8-12H2,1H3,(H,27,28)(H,23,24,25). The Morgan fingerprint density at radius 1 is 1.17 bits per heavy atom. The number of rotatable bonds is 6. The number of nitrogens with one attached hydrogen (secondary N) is 1. The van der Waals surface area contributed by atoms with Crippen molar-refractivity contribution in [2.75, 3.05) is 23.3 Å². The molecule has 0 aliphatic carbocycles. The first kappa shape index (κ1) is 19.3. The molecule has 29 heavy (non-hydrogen) atoms. The van der Waals surface area contributed by atoms with E-state index in [1.54, 1.807) is 11.3 Å². The number of anilines is 3. The molecular formula is C21H23N5O2S. The molecule has 1 saturated heterocycles. The Kier molecular flexibility index (Phi) is 5.71. The van der Waals surface area contributed by atoms with Crippen LogP contribution in [-0.4, -0.2) is 39.1 Å². The monoisotopic (exact) mass is 409 g/mol. The Morgan fingerprint density at radius 3 is 2.62 bits per heavy atom. The van der Waals surface area contributed by atoms with Gasteiger partial charge in [0.05, 0.1) is 10.6 Å². The molecular weight excluding hydrogens is 386 g/mol. The molecule has 2 N–H and O–H groups in total. The van der Waals surface area contributed by atoms with E-state index in [9.17, 15) is 4.79 Å².